The molecule has 0 atom stereocenters. The molecule has 0 saturated carbocycles. The Morgan fingerprint density at radius 1 is 0.593 bits per heavy atom. The van der Waals surface area contributed by atoms with Gasteiger partial charge in [-0.2, -0.15) is 0 Å². The fourth-order valence-electron chi connectivity index (χ4n) is 3.89. The molecule has 0 aliphatic rings. The topological polar surface area (TPSA) is 0 Å². The Hall–Kier alpha value is -0.530. The molecule has 1 nitrogen and oxygen atoms in total. The van der Waals surface area contributed by atoms with Crippen LogP contribution in [0.5, 0.6) is 0 Å². The Kier molecular flexibility index (Phi) is 16.1. The summed E-state index contributed by atoms with van der Waals surface area (Å²) >= 11 is 0. The van der Waals surface area contributed by atoms with Crippen LogP contribution in [-0.4, -0.2) is 21.1 Å². The first-order valence-corrected chi connectivity index (χ1v) is 11.5. The van der Waals surface area contributed by atoms with Gasteiger partial charge >= 0.3 is 0 Å². The van der Waals surface area contributed by atoms with Crippen molar-refractivity contribution in [2.75, 3.05) is 21.1 Å². The lowest BCUT2D eigenvalue weighted by Gasteiger charge is -2.26. The first-order valence-electron chi connectivity index (χ1n) is 11.5. The van der Waals surface area contributed by atoms with Crippen molar-refractivity contribution in [2.24, 2.45) is 0 Å². The number of hydrogen-bond acceptors (Lipinski definition) is 0. The molecule has 1 aromatic rings. The lowest BCUT2D eigenvalue weighted by molar-refractivity contribution is -0.00000594. The Labute approximate surface area is 176 Å². The van der Waals surface area contributed by atoms with E-state index in [2.05, 4.69) is 52.3 Å². The van der Waals surface area contributed by atoms with Crippen molar-refractivity contribution in [1.82, 2.24) is 4.48 Å². The van der Waals surface area contributed by atoms with E-state index < -0.39 is 0 Å². The van der Waals surface area contributed by atoms with E-state index in [1.54, 1.807) is 5.56 Å². The molecule has 0 heterocycles. The molecular weight excluding hydrogens is 350 g/mol. The zero-order valence-corrected chi connectivity index (χ0v) is 19.5. The van der Waals surface area contributed by atoms with E-state index >= 15 is 0 Å². The minimum absolute atomic E-state index is 0. The molecule has 0 bridgehead atoms. The number of benzene rings is 1. The van der Waals surface area contributed by atoms with Crippen LogP contribution in [0.15, 0.2) is 24.3 Å². The van der Waals surface area contributed by atoms with E-state index in [1.165, 1.54) is 102 Å². The van der Waals surface area contributed by atoms with Gasteiger partial charge in [-0.25, -0.2) is 0 Å². The van der Waals surface area contributed by atoms with Gasteiger partial charge in [0, 0.05) is 5.56 Å². The minimum Gasteiger partial charge on any atom is -1.00 e. The summed E-state index contributed by atoms with van der Waals surface area (Å²) in [7, 11) is 6.80. The van der Waals surface area contributed by atoms with E-state index in [9.17, 15) is 0 Å². The molecule has 0 spiro atoms. The molecule has 0 fully saturated rings. The van der Waals surface area contributed by atoms with Crippen molar-refractivity contribution >= 4 is 5.69 Å². The Bertz CT molecular complexity index is 450. The number of para-hydroxylation sites is 1. The highest BCUT2D eigenvalue weighted by Gasteiger charge is 2.16. The summed E-state index contributed by atoms with van der Waals surface area (Å²) in [5.74, 6) is 0. The number of hydrogen-bond donors (Lipinski definition) is 0. The predicted molar refractivity (Wildman–Crippen MR) is 120 cm³/mol. The third kappa shape index (κ3) is 13.3. The number of rotatable bonds is 16. The molecule has 2 heteroatoms. The number of nitrogens with zero attached hydrogens (tertiary/aromatic N) is 1. The molecule has 27 heavy (non-hydrogen) atoms. The molecule has 158 valence electrons. The summed E-state index contributed by atoms with van der Waals surface area (Å²) in [6.07, 6.45) is 21.3. The zero-order chi connectivity index (χ0) is 19.1. The van der Waals surface area contributed by atoms with Gasteiger partial charge in [-0.05, 0) is 18.9 Å². The fraction of sp³-hybridized carbons (Fsp3) is 0.760. The van der Waals surface area contributed by atoms with Gasteiger partial charge in [0.25, 0.3) is 0 Å². The van der Waals surface area contributed by atoms with Crippen LogP contribution in [-0.2, 0) is 6.42 Å². The summed E-state index contributed by atoms with van der Waals surface area (Å²) in [6, 6.07) is 8.98. The van der Waals surface area contributed by atoms with Crippen LogP contribution < -0.4 is 16.9 Å². The highest BCUT2D eigenvalue weighted by molar-refractivity contribution is 5.49. The van der Waals surface area contributed by atoms with Gasteiger partial charge in [-0.1, -0.05) is 109 Å². The maximum Gasteiger partial charge on any atom is 0.135 e. The van der Waals surface area contributed by atoms with Crippen LogP contribution in [0, 0.1) is 0 Å². The van der Waals surface area contributed by atoms with E-state index in [0.29, 0.717) is 0 Å². The smallest absolute Gasteiger partial charge is 0.135 e. The van der Waals surface area contributed by atoms with Gasteiger partial charge in [-0.15, -0.1) is 0 Å². The summed E-state index contributed by atoms with van der Waals surface area (Å²) in [5, 5.41) is 0. The molecule has 0 radical (unpaired) electrons. The zero-order valence-electron chi connectivity index (χ0n) is 18.7. The fourth-order valence-corrected chi connectivity index (χ4v) is 3.89. The van der Waals surface area contributed by atoms with Gasteiger partial charge in [0.05, 0.1) is 21.1 Å². The second-order valence-corrected chi connectivity index (χ2v) is 8.99. The van der Waals surface area contributed by atoms with Crippen molar-refractivity contribution in [3.63, 3.8) is 0 Å². The molecule has 0 aliphatic carbocycles. The Balaban J connectivity index is 0.00000676. The van der Waals surface area contributed by atoms with Crippen LogP contribution in [0.1, 0.15) is 102 Å². The van der Waals surface area contributed by atoms with Crippen LogP contribution in [0.3, 0.4) is 0 Å². The summed E-state index contributed by atoms with van der Waals surface area (Å²) in [5.41, 5.74) is 3.01. The van der Waals surface area contributed by atoms with Gasteiger partial charge < -0.3 is 12.4 Å². The SMILES string of the molecule is CCCCCCCCCCCCCCCCc1ccccc1[N+](C)(C)C.[Cl-]. The van der Waals surface area contributed by atoms with E-state index in [4.69, 9.17) is 0 Å². The molecule has 0 aromatic heterocycles. The lowest BCUT2D eigenvalue weighted by Crippen LogP contribution is -3.00. The lowest BCUT2D eigenvalue weighted by atomic mass is 10.0. The van der Waals surface area contributed by atoms with Crippen LogP contribution in [0.2, 0.25) is 0 Å². The largest absolute Gasteiger partial charge is 1.00 e. The number of halogens is 1. The normalized spacial score (nSPS) is 11.4. The van der Waals surface area contributed by atoms with Crippen molar-refractivity contribution in [3.05, 3.63) is 29.8 Å². The average molecular weight is 396 g/mol. The van der Waals surface area contributed by atoms with E-state index in [1.807, 2.05) is 0 Å². The first kappa shape index (κ1) is 26.5. The third-order valence-corrected chi connectivity index (χ3v) is 5.51. The Morgan fingerprint density at radius 2 is 1.00 bits per heavy atom. The monoisotopic (exact) mass is 395 g/mol. The molecule has 0 N–H and O–H groups in total. The van der Waals surface area contributed by atoms with Crippen LogP contribution in [0.25, 0.3) is 0 Å². The summed E-state index contributed by atoms with van der Waals surface area (Å²) in [4.78, 5) is 0. The summed E-state index contributed by atoms with van der Waals surface area (Å²) < 4.78 is 0.925. The van der Waals surface area contributed by atoms with Crippen molar-refractivity contribution < 1.29 is 12.4 Å². The molecule has 1 aromatic carbocycles. The standard InChI is InChI=1S/C25H46N.ClH/c1-5-6-7-8-9-10-11-12-13-14-15-16-17-18-21-24-22-19-20-23-25(24)26(2,3)4;/h19-20,22-23H,5-18,21H2,1-4H3;1H/q+1;/p-1. The Morgan fingerprint density at radius 3 is 1.44 bits per heavy atom. The van der Waals surface area contributed by atoms with E-state index in [-0.39, 0.29) is 12.4 Å². The maximum absolute atomic E-state index is 2.32. The molecular formula is C25H46ClN. The molecule has 0 unspecified atom stereocenters. The van der Waals surface area contributed by atoms with Gasteiger partial charge in [0.1, 0.15) is 5.69 Å². The highest BCUT2D eigenvalue weighted by atomic mass is 35.5. The number of unbranched alkanes of at least 4 members (excludes halogenated alkanes) is 13. The third-order valence-electron chi connectivity index (χ3n) is 5.51. The van der Waals surface area contributed by atoms with Gasteiger partial charge in [0.2, 0.25) is 0 Å². The number of aryl methyl sites for hydroxylation is 1. The quantitative estimate of drug-likeness (QED) is 0.275. The summed E-state index contributed by atoms with van der Waals surface area (Å²) in [6.45, 7) is 2.30. The van der Waals surface area contributed by atoms with Crippen LogP contribution in [0.4, 0.5) is 5.69 Å². The van der Waals surface area contributed by atoms with E-state index in [0.717, 1.165) is 4.48 Å². The van der Waals surface area contributed by atoms with Crippen molar-refractivity contribution in [1.29, 1.82) is 0 Å². The van der Waals surface area contributed by atoms with Crippen molar-refractivity contribution in [2.45, 2.75) is 103 Å². The molecule has 0 amide bonds. The molecule has 0 aliphatic heterocycles. The predicted octanol–water partition coefficient (Wildman–Crippen LogP) is 4.91. The number of quaternary nitrogens is 1. The van der Waals surface area contributed by atoms with Gasteiger partial charge in [0.15, 0.2) is 0 Å². The first-order chi connectivity index (χ1) is 12.6. The second kappa shape index (κ2) is 16.4. The minimum atomic E-state index is 0. The van der Waals surface area contributed by atoms with Gasteiger partial charge in [-0.3, -0.25) is 4.48 Å². The average Bonchev–Trinajstić information content (AvgIpc) is 2.61. The second-order valence-electron chi connectivity index (χ2n) is 8.99. The molecule has 1 rings (SSSR count). The van der Waals surface area contributed by atoms with Crippen molar-refractivity contribution in [3.8, 4) is 0 Å². The maximum atomic E-state index is 2.32. The molecule has 0 saturated heterocycles. The van der Waals surface area contributed by atoms with Crippen LogP contribution >= 0.6 is 0 Å². The highest BCUT2D eigenvalue weighted by Crippen LogP contribution is 2.24.